The van der Waals surface area contributed by atoms with Crippen molar-refractivity contribution < 1.29 is 13.2 Å². The molecule has 1 heterocycles. The number of thiazole rings is 1. The lowest BCUT2D eigenvalue weighted by Gasteiger charge is -2.02. The Labute approximate surface area is 148 Å². The van der Waals surface area contributed by atoms with E-state index in [-0.39, 0.29) is 17.2 Å². The second-order valence-corrected chi connectivity index (χ2v) is 8.69. The summed E-state index contributed by atoms with van der Waals surface area (Å²) in [5, 5.41) is 4.12. The summed E-state index contributed by atoms with van der Waals surface area (Å²) < 4.78 is 23.9. The molecular formula is C16H13ClN2O3S2. The molecule has 0 saturated carbocycles. The molecule has 1 N–H and O–H groups in total. The topological polar surface area (TPSA) is 76.1 Å². The Morgan fingerprint density at radius 3 is 2.58 bits per heavy atom. The van der Waals surface area contributed by atoms with E-state index in [1.54, 1.807) is 36.4 Å². The molecule has 0 bridgehead atoms. The summed E-state index contributed by atoms with van der Waals surface area (Å²) in [5.74, 6) is -0.0808. The van der Waals surface area contributed by atoms with Gasteiger partial charge in [0.05, 0.1) is 21.7 Å². The van der Waals surface area contributed by atoms with Crippen molar-refractivity contribution in [3.05, 3.63) is 53.1 Å². The van der Waals surface area contributed by atoms with Crippen molar-refractivity contribution >= 4 is 53.9 Å². The minimum absolute atomic E-state index is 0.0808. The maximum absolute atomic E-state index is 12.1. The number of halogens is 1. The van der Waals surface area contributed by atoms with Gasteiger partial charge in [-0.25, -0.2) is 13.4 Å². The van der Waals surface area contributed by atoms with Gasteiger partial charge in [-0.3, -0.25) is 4.79 Å². The molecule has 1 aromatic heterocycles. The largest absolute Gasteiger partial charge is 0.354 e. The number of anilines is 1. The van der Waals surface area contributed by atoms with E-state index in [9.17, 15) is 13.2 Å². The number of fused-ring (bicyclic) bond motifs is 1. The standard InChI is InChI=1S/C16H13ClN2O3S2/c1-24(21,22)12-6-7-13-15(8-12)23-16(19-13)18-9-14(20)10-2-4-11(17)5-3-10/h2-8H,9H2,1H3,(H,18,19). The molecule has 0 aliphatic rings. The first-order valence-corrected chi connectivity index (χ1v) is 10.0. The van der Waals surface area contributed by atoms with Crippen molar-refractivity contribution in [2.45, 2.75) is 4.90 Å². The first-order valence-electron chi connectivity index (χ1n) is 6.96. The van der Waals surface area contributed by atoms with E-state index < -0.39 is 9.84 Å². The number of ketones is 1. The molecule has 8 heteroatoms. The van der Waals surface area contributed by atoms with Crippen LogP contribution in [0.25, 0.3) is 10.2 Å². The highest BCUT2D eigenvalue weighted by Crippen LogP contribution is 2.28. The quantitative estimate of drug-likeness (QED) is 0.684. The third-order valence-electron chi connectivity index (χ3n) is 3.35. The van der Waals surface area contributed by atoms with Crippen LogP contribution in [0.15, 0.2) is 47.4 Å². The molecule has 0 radical (unpaired) electrons. The number of aromatic nitrogens is 1. The van der Waals surface area contributed by atoms with E-state index in [4.69, 9.17) is 11.6 Å². The zero-order chi connectivity index (χ0) is 17.3. The van der Waals surface area contributed by atoms with E-state index in [1.165, 1.54) is 23.7 Å². The highest BCUT2D eigenvalue weighted by molar-refractivity contribution is 7.90. The Balaban J connectivity index is 1.76. The third-order valence-corrected chi connectivity index (χ3v) is 5.69. The van der Waals surface area contributed by atoms with Crippen LogP contribution in [0.3, 0.4) is 0 Å². The summed E-state index contributed by atoms with van der Waals surface area (Å²) >= 11 is 7.11. The first kappa shape index (κ1) is 16.9. The van der Waals surface area contributed by atoms with Gasteiger partial charge >= 0.3 is 0 Å². The zero-order valence-corrected chi connectivity index (χ0v) is 15.0. The lowest BCUT2D eigenvalue weighted by Crippen LogP contribution is -2.13. The lowest BCUT2D eigenvalue weighted by atomic mass is 10.1. The molecule has 0 unspecified atom stereocenters. The molecule has 0 aliphatic heterocycles. The number of hydrogen-bond acceptors (Lipinski definition) is 6. The van der Waals surface area contributed by atoms with Crippen LogP contribution in [0.5, 0.6) is 0 Å². The Morgan fingerprint density at radius 2 is 1.92 bits per heavy atom. The van der Waals surface area contributed by atoms with Gasteiger partial charge in [0.25, 0.3) is 0 Å². The van der Waals surface area contributed by atoms with Gasteiger partial charge in [0, 0.05) is 16.8 Å². The average Bonchev–Trinajstić information content (AvgIpc) is 2.94. The number of carbonyl (C=O) groups excluding carboxylic acids is 1. The van der Waals surface area contributed by atoms with Crippen molar-refractivity contribution in [3.8, 4) is 0 Å². The average molecular weight is 381 g/mol. The summed E-state index contributed by atoms with van der Waals surface area (Å²) in [4.78, 5) is 16.7. The van der Waals surface area contributed by atoms with Crippen LogP contribution in [0.4, 0.5) is 5.13 Å². The highest BCUT2D eigenvalue weighted by atomic mass is 35.5. The van der Waals surface area contributed by atoms with E-state index in [1.807, 2.05) is 0 Å². The van der Waals surface area contributed by atoms with Gasteiger partial charge in [0.2, 0.25) is 0 Å². The molecule has 124 valence electrons. The van der Waals surface area contributed by atoms with E-state index in [2.05, 4.69) is 10.3 Å². The monoisotopic (exact) mass is 380 g/mol. The minimum Gasteiger partial charge on any atom is -0.354 e. The van der Waals surface area contributed by atoms with Gasteiger partial charge in [-0.15, -0.1) is 0 Å². The summed E-state index contributed by atoms with van der Waals surface area (Å²) in [7, 11) is -3.26. The molecule has 0 aliphatic carbocycles. The Hall–Kier alpha value is -1.96. The van der Waals surface area contributed by atoms with Gasteiger partial charge in [-0.05, 0) is 42.5 Å². The third kappa shape index (κ3) is 3.75. The SMILES string of the molecule is CS(=O)(=O)c1ccc2nc(NCC(=O)c3ccc(Cl)cc3)sc2c1. The van der Waals surface area contributed by atoms with Crippen molar-refractivity contribution in [1.29, 1.82) is 0 Å². The van der Waals surface area contributed by atoms with Crippen molar-refractivity contribution in [2.24, 2.45) is 0 Å². The molecule has 24 heavy (non-hydrogen) atoms. The van der Waals surface area contributed by atoms with Crippen LogP contribution in [0, 0.1) is 0 Å². The van der Waals surface area contributed by atoms with Gasteiger partial charge in [0.1, 0.15) is 0 Å². The van der Waals surface area contributed by atoms with Crippen molar-refractivity contribution in [3.63, 3.8) is 0 Å². The summed E-state index contributed by atoms with van der Waals surface area (Å²) in [6.45, 7) is 0.0976. The number of rotatable bonds is 5. The van der Waals surface area contributed by atoms with Crippen LogP contribution in [-0.2, 0) is 9.84 Å². The first-order chi connectivity index (χ1) is 11.3. The van der Waals surface area contributed by atoms with Gasteiger partial charge in [-0.1, -0.05) is 22.9 Å². The minimum atomic E-state index is -3.26. The molecule has 3 aromatic rings. The van der Waals surface area contributed by atoms with Crippen LogP contribution < -0.4 is 5.32 Å². The zero-order valence-electron chi connectivity index (χ0n) is 12.6. The maximum Gasteiger partial charge on any atom is 0.184 e. The van der Waals surface area contributed by atoms with E-state index in [0.29, 0.717) is 21.2 Å². The molecule has 0 amide bonds. The lowest BCUT2D eigenvalue weighted by molar-refractivity contribution is 0.101. The Morgan fingerprint density at radius 1 is 1.21 bits per heavy atom. The Bertz CT molecular complexity index is 1010. The van der Waals surface area contributed by atoms with E-state index >= 15 is 0 Å². The number of carbonyl (C=O) groups is 1. The fourth-order valence-electron chi connectivity index (χ4n) is 2.10. The molecule has 2 aromatic carbocycles. The fourth-order valence-corrected chi connectivity index (χ4v) is 3.85. The van der Waals surface area contributed by atoms with Gasteiger partial charge in [-0.2, -0.15) is 0 Å². The number of Topliss-reactive ketones (excluding diaryl/α,β-unsaturated/α-hetero) is 1. The van der Waals surface area contributed by atoms with E-state index in [0.717, 1.165) is 4.70 Å². The molecule has 0 fully saturated rings. The number of nitrogens with one attached hydrogen (secondary N) is 1. The van der Waals surface area contributed by atoms with Crippen molar-refractivity contribution in [2.75, 3.05) is 18.1 Å². The number of nitrogens with zero attached hydrogens (tertiary/aromatic N) is 1. The molecule has 0 saturated heterocycles. The van der Waals surface area contributed by atoms with Crippen LogP contribution in [0.2, 0.25) is 5.02 Å². The summed E-state index contributed by atoms with van der Waals surface area (Å²) in [6, 6.07) is 11.5. The molecule has 0 spiro atoms. The van der Waals surface area contributed by atoms with Crippen molar-refractivity contribution in [1.82, 2.24) is 4.98 Å². The summed E-state index contributed by atoms with van der Waals surface area (Å²) in [6.07, 6.45) is 1.17. The second kappa shape index (κ2) is 6.51. The predicted molar refractivity (Wildman–Crippen MR) is 97.0 cm³/mol. The molecular weight excluding hydrogens is 368 g/mol. The molecule has 3 rings (SSSR count). The predicted octanol–water partition coefficient (Wildman–Crippen LogP) is 3.65. The second-order valence-electron chi connectivity index (χ2n) is 5.20. The highest BCUT2D eigenvalue weighted by Gasteiger charge is 2.12. The van der Waals surface area contributed by atoms with Gasteiger partial charge < -0.3 is 5.32 Å². The maximum atomic E-state index is 12.1. The summed E-state index contributed by atoms with van der Waals surface area (Å²) in [5.41, 5.74) is 1.25. The van der Waals surface area contributed by atoms with Crippen LogP contribution in [-0.4, -0.2) is 32.0 Å². The Kier molecular flexibility index (Phi) is 4.58. The normalized spacial score (nSPS) is 11.6. The fraction of sp³-hybridized carbons (Fsp3) is 0.125. The number of sulfone groups is 1. The number of hydrogen-bond donors (Lipinski definition) is 1. The molecule has 0 atom stereocenters. The van der Waals surface area contributed by atoms with Crippen LogP contribution >= 0.6 is 22.9 Å². The van der Waals surface area contributed by atoms with Gasteiger partial charge in [0.15, 0.2) is 20.8 Å². The smallest absolute Gasteiger partial charge is 0.184 e. The van der Waals surface area contributed by atoms with Crippen LogP contribution in [0.1, 0.15) is 10.4 Å². The molecule has 5 nitrogen and oxygen atoms in total. The number of benzene rings is 2.